The highest BCUT2D eigenvalue weighted by Gasteiger charge is 2.06. The van der Waals surface area contributed by atoms with Gasteiger partial charge in [-0.25, -0.2) is 0 Å². The number of methoxy groups -OCH3 is 2. The molecule has 1 aromatic carbocycles. The molecular weight excluding hydrogens is 188 g/mol. The van der Waals surface area contributed by atoms with Gasteiger partial charge in [0, 0.05) is 7.11 Å². The summed E-state index contributed by atoms with van der Waals surface area (Å²) >= 11 is 4.23. The van der Waals surface area contributed by atoms with Gasteiger partial charge in [0.2, 0.25) is 0 Å². The first-order valence-electron chi connectivity index (χ1n) is 3.77. The van der Waals surface area contributed by atoms with Crippen molar-refractivity contribution in [3.05, 3.63) is 18.2 Å². The molecular formula is C9H12O3S. The Kier molecular flexibility index (Phi) is 3.92. The van der Waals surface area contributed by atoms with E-state index in [0.29, 0.717) is 11.5 Å². The lowest BCUT2D eigenvalue weighted by molar-refractivity contribution is 0.0471. The predicted molar refractivity (Wildman–Crippen MR) is 52.8 cm³/mol. The first-order valence-corrected chi connectivity index (χ1v) is 4.22. The van der Waals surface area contributed by atoms with Crippen LogP contribution in [0.1, 0.15) is 0 Å². The van der Waals surface area contributed by atoms with Crippen molar-refractivity contribution in [2.45, 2.75) is 4.90 Å². The fourth-order valence-electron chi connectivity index (χ4n) is 0.928. The topological polar surface area (TPSA) is 27.7 Å². The molecule has 13 heavy (non-hydrogen) atoms. The van der Waals surface area contributed by atoms with Gasteiger partial charge >= 0.3 is 0 Å². The van der Waals surface area contributed by atoms with Crippen LogP contribution in [0.4, 0.5) is 0 Å². The Bertz CT molecular complexity index is 276. The molecule has 0 bridgehead atoms. The lowest BCUT2D eigenvalue weighted by Gasteiger charge is -2.11. The van der Waals surface area contributed by atoms with Crippen LogP contribution >= 0.6 is 12.6 Å². The second-order valence-electron chi connectivity index (χ2n) is 2.36. The van der Waals surface area contributed by atoms with Gasteiger partial charge in [-0.2, -0.15) is 0 Å². The van der Waals surface area contributed by atoms with Crippen LogP contribution in [0.2, 0.25) is 0 Å². The summed E-state index contributed by atoms with van der Waals surface area (Å²) in [6.07, 6.45) is 0. The van der Waals surface area contributed by atoms with Crippen LogP contribution in [0.25, 0.3) is 0 Å². The van der Waals surface area contributed by atoms with Crippen LogP contribution in [-0.4, -0.2) is 21.0 Å². The lowest BCUT2D eigenvalue weighted by Crippen LogP contribution is -2.01. The molecule has 4 heteroatoms. The Morgan fingerprint density at radius 1 is 1.31 bits per heavy atom. The first-order chi connectivity index (χ1) is 6.29. The molecule has 0 radical (unpaired) electrons. The molecule has 0 aliphatic carbocycles. The standard InChI is InChI=1S/C9H12O3S/c1-10-6-12-9-7(11-2)4-3-5-8(9)13/h3-5,13H,6H2,1-2H3. The average molecular weight is 200 g/mol. The molecule has 0 unspecified atom stereocenters. The second kappa shape index (κ2) is 4.99. The monoisotopic (exact) mass is 200 g/mol. The van der Waals surface area contributed by atoms with E-state index in [1.165, 1.54) is 0 Å². The van der Waals surface area contributed by atoms with Crippen molar-refractivity contribution in [2.24, 2.45) is 0 Å². The van der Waals surface area contributed by atoms with Crippen LogP contribution in [0, 0.1) is 0 Å². The van der Waals surface area contributed by atoms with Crippen LogP contribution in [-0.2, 0) is 4.74 Å². The molecule has 0 spiro atoms. The first kappa shape index (κ1) is 10.2. The Morgan fingerprint density at radius 3 is 2.69 bits per heavy atom. The van der Waals surface area contributed by atoms with Gasteiger partial charge in [-0.05, 0) is 12.1 Å². The minimum atomic E-state index is 0.188. The van der Waals surface area contributed by atoms with E-state index in [1.807, 2.05) is 18.2 Å². The summed E-state index contributed by atoms with van der Waals surface area (Å²) in [5.74, 6) is 1.26. The Balaban J connectivity index is 2.87. The number of benzene rings is 1. The van der Waals surface area contributed by atoms with Gasteiger partial charge in [-0.3, -0.25) is 0 Å². The van der Waals surface area contributed by atoms with Crippen molar-refractivity contribution in [3.63, 3.8) is 0 Å². The highest BCUT2D eigenvalue weighted by Crippen LogP contribution is 2.33. The Hall–Kier alpha value is -0.870. The van der Waals surface area contributed by atoms with E-state index in [-0.39, 0.29) is 6.79 Å². The van der Waals surface area contributed by atoms with E-state index >= 15 is 0 Å². The van der Waals surface area contributed by atoms with E-state index in [1.54, 1.807) is 14.2 Å². The minimum absolute atomic E-state index is 0.188. The maximum atomic E-state index is 5.28. The largest absolute Gasteiger partial charge is 0.493 e. The molecule has 0 aromatic heterocycles. The molecule has 0 saturated carbocycles. The summed E-state index contributed by atoms with van der Waals surface area (Å²) in [6.45, 7) is 0.188. The van der Waals surface area contributed by atoms with E-state index in [0.717, 1.165) is 4.90 Å². The Labute approximate surface area is 83.0 Å². The van der Waals surface area contributed by atoms with Gasteiger partial charge in [-0.1, -0.05) is 6.07 Å². The number of thiol groups is 1. The van der Waals surface area contributed by atoms with Gasteiger partial charge in [0.05, 0.1) is 12.0 Å². The summed E-state index contributed by atoms with van der Waals surface area (Å²) in [6, 6.07) is 5.49. The highest BCUT2D eigenvalue weighted by atomic mass is 32.1. The van der Waals surface area contributed by atoms with Crippen molar-refractivity contribution in [3.8, 4) is 11.5 Å². The van der Waals surface area contributed by atoms with Crippen LogP contribution in [0.15, 0.2) is 23.1 Å². The number of hydrogen-bond acceptors (Lipinski definition) is 4. The van der Waals surface area contributed by atoms with Gasteiger partial charge in [0.1, 0.15) is 0 Å². The average Bonchev–Trinajstić information content (AvgIpc) is 2.15. The number of ether oxygens (including phenoxy) is 3. The molecule has 0 amide bonds. The third kappa shape index (κ3) is 2.54. The van der Waals surface area contributed by atoms with Crippen molar-refractivity contribution >= 4 is 12.6 Å². The molecule has 0 N–H and O–H groups in total. The fraction of sp³-hybridized carbons (Fsp3) is 0.333. The van der Waals surface area contributed by atoms with Crippen LogP contribution < -0.4 is 9.47 Å². The van der Waals surface area contributed by atoms with Crippen LogP contribution in [0.3, 0.4) is 0 Å². The van der Waals surface area contributed by atoms with Gasteiger partial charge in [-0.15, -0.1) is 12.6 Å². The van der Waals surface area contributed by atoms with E-state index in [4.69, 9.17) is 14.2 Å². The summed E-state index contributed by atoms with van der Waals surface area (Å²) < 4.78 is 15.2. The Morgan fingerprint density at radius 2 is 2.08 bits per heavy atom. The molecule has 0 aliphatic rings. The van der Waals surface area contributed by atoms with Gasteiger partial charge in [0.15, 0.2) is 18.3 Å². The molecule has 3 nitrogen and oxygen atoms in total. The molecule has 72 valence electrons. The van der Waals surface area contributed by atoms with Crippen molar-refractivity contribution in [1.29, 1.82) is 0 Å². The normalized spacial score (nSPS) is 9.77. The summed E-state index contributed by atoms with van der Waals surface area (Å²) in [7, 11) is 3.15. The maximum absolute atomic E-state index is 5.28. The number of hydrogen-bond donors (Lipinski definition) is 1. The van der Waals surface area contributed by atoms with Gasteiger partial charge in [0.25, 0.3) is 0 Å². The maximum Gasteiger partial charge on any atom is 0.188 e. The second-order valence-corrected chi connectivity index (χ2v) is 2.84. The van der Waals surface area contributed by atoms with E-state index in [2.05, 4.69) is 12.6 Å². The zero-order valence-electron chi connectivity index (χ0n) is 7.61. The summed E-state index contributed by atoms with van der Waals surface area (Å²) in [5, 5.41) is 0. The zero-order chi connectivity index (χ0) is 9.68. The van der Waals surface area contributed by atoms with E-state index < -0.39 is 0 Å². The van der Waals surface area contributed by atoms with Crippen molar-refractivity contribution in [2.75, 3.05) is 21.0 Å². The molecule has 1 aromatic rings. The molecule has 0 fully saturated rings. The van der Waals surface area contributed by atoms with Gasteiger partial charge < -0.3 is 14.2 Å². The molecule has 0 heterocycles. The van der Waals surface area contributed by atoms with E-state index in [9.17, 15) is 0 Å². The van der Waals surface area contributed by atoms with Crippen molar-refractivity contribution in [1.82, 2.24) is 0 Å². The predicted octanol–water partition coefficient (Wildman–Crippen LogP) is 1.97. The minimum Gasteiger partial charge on any atom is -0.493 e. The fourth-order valence-corrected chi connectivity index (χ4v) is 1.19. The summed E-state index contributed by atoms with van der Waals surface area (Å²) in [5.41, 5.74) is 0. The molecule has 0 aliphatic heterocycles. The molecule has 0 atom stereocenters. The summed E-state index contributed by atoms with van der Waals surface area (Å²) in [4.78, 5) is 0.733. The number of rotatable bonds is 4. The smallest absolute Gasteiger partial charge is 0.188 e. The quantitative estimate of drug-likeness (QED) is 0.595. The molecule has 0 saturated heterocycles. The third-order valence-electron chi connectivity index (χ3n) is 1.50. The van der Waals surface area contributed by atoms with Crippen LogP contribution in [0.5, 0.6) is 11.5 Å². The number of para-hydroxylation sites is 1. The lowest BCUT2D eigenvalue weighted by atomic mass is 10.3. The molecule has 1 rings (SSSR count). The highest BCUT2D eigenvalue weighted by molar-refractivity contribution is 7.80. The van der Waals surface area contributed by atoms with Crippen molar-refractivity contribution < 1.29 is 14.2 Å². The zero-order valence-corrected chi connectivity index (χ0v) is 8.51. The SMILES string of the molecule is COCOc1c(S)cccc1OC. The third-order valence-corrected chi connectivity index (χ3v) is 1.85.